The van der Waals surface area contributed by atoms with Crippen LogP contribution in [0.25, 0.3) is 0 Å². The van der Waals surface area contributed by atoms with Crippen molar-refractivity contribution in [1.82, 2.24) is 0 Å². The second-order valence-electron chi connectivity index (χ2n) is 0.747. The molecule has 0 saturated carbocycles. The summed E-state index contributed by atoms with van der Waals surface area (Å²) in [7, 11) is 0. The Bertz CT molecular complexity index is 44.1. The molecule has 0 saturated heterocycles. The van der Waals surface area contributed by atoms with Gasteiger partial charge in [-0.25, -0.2) is 0 Å². The van der Waals surface area contributed by atoms with Gasteiger partial charge in [0.05, 0.1) is 0 Å². The number of carboxylic acid groups (broad SMARTS) is 1. The van der Waals surface area contributed by atoms with Crippen molar-refractivity contribution in [3.8, 4) is 0 Å². The van der Waals surface area contributed by atoms with Crippen molar-refractivity contribution in [1.29, 1.82) is 0 Å². The van der Waals surface area contributed by atoms with Crippen molar-refractivity contribution >= 4 is 5.97 Å². The largest absolute Gasteiger partial charge is 0.481 e. The standard InChI is InChI=1S/C3H6O2.W/c1-2-3(4)5;/h2H2,1H3,(H,4,5);. The summed E-state index contributed by atoms with van der Waals surface area (Å²) in [5.41, 5.74) is 0. The summed E-state index contributed by atoms with van der Waals surface area (Å²) in [6, 6.07) is 0. The van der Waals surface area contributed by atoms with Crippen LogP contribution in [0.4, 0.5) is 0 Å². The summed E-state index contributed by atoms with van der Waals surface area (Å²) in [5.74, 6) is -0.745. The van der Waals surface area contributed by atoms with Crippen LogP contribution in [0.5, 0.6) is 0 Å². The van der Waals surface area contributed by atoms with Crippen molar-refractivity contribution in [3.63, 3.8) is 0 Å². The Morgan fingerprint density at radius 3 is 2.00 bits per heavy atom. The Morgan fingerprint density at radius 1 is 1.83 bits per heavy atom. The Labute approximate surface area is 50.8 Å². The molecule has 0 amide bonds. The molecule has 6 heavy (non-hydrogen) atoms. The average molecular weight is 258 g/mol. The van der Waals surface area contributed by atoms with Crippen LogP contribution in [0.3, 0.4) is 0 Å². The topological polar surface area (TPSA) is 37.3 Å². The van der Waals surface area contributed by atoms with E-state index in [9.17, 15) is 4.79 Å². The minimum absolute atomic E-state index is 0. The van der Waals surface area contributed by atoms with E-state index in [1.807, 2.05) is 0 Å². The van der Waals surface area contributed by atoms with Crippen molar-refractivity contribution in [3.05, 3.63) is 0 Å². The van der Waals surface area contributed by atoms with E-state index in [0.29, 0.717) is 0 Å². The van der Waals surface area contributed by atoms with Crippen LogP contribution < -0.4 is 0 Å². The molecule has 0 atom stereocenters. The summed E-state index contributed by atoms with van der Waals surface area (Å²) in [6.07, 6.45) is 0.222. The first-order valence-corrected chi connectivity index (χ1v) is 1.49. The van der Waals surface area contributed by atoms with Crippen molar-refractivity contribution in [2.45, 2.75) is 13.3 Å². The van der Waals surface area contributed by atoms with Crippen LogP contribution in [0, 0.1) is 0 Å². The molecule has 3 heteroatoms. The smallest absolute Gasteiger partial charge is 0.303 e. The molecule has 0 aromatic heterocycles. The average Bonchev–Trinajstić information content (AvgIpc) is 1.38. The van der Waals surface area contributed by atoms with E-state index in [2.05, 4.69) is 0 Å². The maximum absolute atomic E-state index is 9.37. The Morgan fingerprint density at radius 2 is 2.00 bits per heavy atom. The van der Waals surface area contributed by atoms with Gasteiger partial charge < -0.3 is 5.11 Å². The molecule has 0 aliphatic rings. The fourth-order valence-electron chi connectivity index (χ4n) is 0. The first-order chi connectivity index (χ1) is 2.27. The van der Waals surface area contributed by atoms with Crippen molar-refractivity contribution in [2.75, 3.05) is 0 Å². The third kappa shape index (κ3) is 8.90. The second kappa shape index (κ2) is 5.16. The van der Waals surface area contributed by atoms with Crippen LogP contribution in [0.1, 0.15) is 13.3 Å². The molecule has 0 radical (unpaired) electrons. The maximum atomic E-state index is 9.37. The minimum atomic E-state index is -0.745. The van der Waals surface area contributed by atoms with Gasteiger partial charge in [0.25, 0.3) is 0 Å². The molecule has 0 aromatic rings. The molecule has 36 valence electrons. The van der Waals surface area contributed by atoms with Gasteiger partial charge >= 0.3 is 5.97 Å². The van der Waals surface area contributed by atoms with Crippen molar-refractivity contribution in [2.24, 2.45) is 0 Å². The van der Waals surface area contributed by atoms with Crippen LogP contribution >= 0.6 is 0 Å². The van der Waals surface area contributed by atoms with Gasteiger partial charge in [0.15, 0.2) is 0 Å². The molecule has 0 unspecified atom stereocenters. The molecule has 1 N–H and O–H groups in total. The summed E-state index contributed by atoms with van der Waals surface area (Å²) in [5, 5.41) is 7.72. The number of hydrogen-bond donors (Lipinski definition) is 1. The zero-order chi connectivity index (χ0) is 4.28. The fourth-order valence-corrected chi connectivity index (χ4v) is 0. The van der Waals surface area contributed by atoms with E-state index in [4.69, 9.17) is 5.11 Å². The monoisotopic (exact) mass is 258 g/mol. The van der Waals surface area contributed by atoms with E-state index >= 15 is 0 Å². The van der Waals surface area contributed by atoms with E-state index in [-0.39, 0.29) is 27.5 Å². The summed E-state index contributed by atoms with van der Waals surface area (Å²) in [4.78, 5) is 9.37. The number of carbonyl (C=O) groups is 1. The first-order valence-electron chi connectivity index (χ1n) is 1.49. The molecule has 0 bridgehead atoms. The van der Waals surface area contributed by atoms with Crippen LogP contribution in [0.15, 0.2) is 0 Å². The van der Waals surface area contributed by atoms with E-state index in [1.54, 1.807) is 6.92 Å². The predicted octanol–water partition coefficient (Wildman–Crippen LogP) is 0.478. The maximum Gasteiger partial charge on any atom is 0.303 e. The second-order valence-corrected chi connectivity index (χ2v) is 0.747. The van der Waals surface area contributed by atoms with Gasteiger partial charge in [-0.1, -0.05) is 6.92 Å². The molecule has 0 heterocycles. The number of hydrogen-bond acceptors (Lipinski definition) is 1. The number of rotatable bonds is 1. The van der Waals surface area contributed by atoms with Crippen LogP contribution in [-0.2, 0) is 25.9 Å². The third-order valence-electron chi connectivity index (χ3n) is 0.302. The quantitative estimate of drug-likeness (QED) is 0.742. The Hall–Kier alpha value is 0.158. The molecule has 0 aliphatic heterocycles. The van der Waals surface area contributed by atoms with E-state index < -0.39 is 5.97 Å². The molecule has 0 fully saturated rings. The first kappa shape index (κ1) is 9.48. The van der Waals surface area contributed by atoms with Gasteiger partial charge in [-0.2, -0.15) is 0 Å². The normalized spacial score (nSPS) is 6.17. The molecule has 0 spiro atoms. The van der Waals surface area contributed by atoms with Gasteiger partial charge in [-0.15, -0.1) is 0 Å². The molecule has 2 nitrogen and oxygen atoms in total. The van der Waals surface area contributed by atoms with Crippen LogP contribution in [0.2, 0.25) is 0 Å². The zero-order valence-electron chi connectivity index (χ0n) is 3.47. The Balaban J connectivity index is 0. The van der Waals surface area contributed by atoms with Gasteiger partial charge in [0.2, 0.25) is 0 Å². The van der Waals surface area contributed by atoms with Gasteiger partial charge in [-0.3, -0.25) is 4.79 Å². The van der Waals surface area contributed by atoms with Crippen molar-refractivity contribution < 1.29 is 31.0 Å². The fraction of sp³-hybridized carbons (Fsp3) is 0.667. The van der Waals surface area contributed by atoms with Gasteiger partial charge in [0.1, 0.15) is 0 Å². The predicted molar refractivity (Wildman–Crippen MR) is 17.9 cm³/mol. The number of carboxylic acids is 1. The molecule has 0 rings (SSSR count). The minimum Gasteiger partial charge on any atom is -0.481 e. The van der Waals surface area contributed by atoms with Gasteiger partial charge in [0, 0.05) is 27.5 Å². The molecule has 0 aliphatic carbocycles. The zero-order valence-corrected chi connectivity index (χ0v) is 6.40. The van der Waals surface area contributed by atoms with Crippen LogP contribution in [-0.4, -0.2) is 11.1 Å². The molecule has 0 aromatic carbocycles. The molecular formula is C3H6O2W. The van der Waals surface area contributed by atoms with E-state index in [1.165, 1.54) is 0 Å². The summed E-state index contributed by atoms with van der Waals surface area (Å²) < 4.78 is 0. The Kier molecular flexibility index (Phi) is 8.15. The third-order valence-corrected chi connectivity index (χ3v) is 0.302. The summed E-state index contributed by atoms with van der Waals surface area (Å²) >= 11 is 0. The summed E-state index contributed by atoms with van der Waals surface area (Å²) in [6.45, 7) is 1.60. The SMILES string of the molecule is CCC(=O)O.[W]. The molecular weight excluding hydrogens is 252 g/mol. The van der Waals surface area contributed by atoms with E-state index in [0.717, 1.165) is 0 Å². The number of aliphatic carboxylic acids is 1. The van der Waals surface area contributed by atoms with Gasteiger partial charge in [-0.05, 0) is 0 Å².